The van der Waals surface area contributed by atoms with Crippen molar-refractivity contribution in [2.45, 2.75) is 0 Å². The Labute approximate surface area is 123 Å². The number of nitrogens with zero attached hydrogens (tertiary/aromatic N) is 2. The van der Waals surface area contributed by atoms with E-state index in [4.69, 9.17) is 19.2 Å². The Morgan fingerprint density at radius 1 is 1.10 bits per heavy atom. The van der Waals surface area contributed by atoms with E-state index in [1.807, 2.05) is 0 Å². The highest BCUT2D eigenvalue weighted by Crippen LogP contribution is 2.17. The van der Waals surface area contributed by atoms with Crippen molar-refractivity contribution < 1.29 is 19.2 Å². The fraction of sp³-hybridized carbons (Fsp3) is 0.385. The topological polar surface area (TPSA) is 61.6 Å². The minimum atomic E-state index is 0.318. The van der Waals surface area contributed by atoms with Gasteiger partial charge in [0.05, 0.1) is 36.4 Å². The first-order valence-corrected chi connectivity index (χ1v) is 6.33. The zero-order valence-corrected chi connectivity index (χ0v) is 12.0. The summed E-state index contributed by atoms with van der Waals surface area (Å²) >= 11 is 4.51. The minimum absolute atomic E-state index is 0.318. The maximum absolute atomic E-state index is 5.18. The average molecular weight is 296 g/mol. The molecule has 0 atom stereocenters. The van der Waals surface area contributed by atoms with Crippen LogP contribution in [0.2, 0.25) is 0 Å². The lowest BCUT2D eigenvalue weighted by Gasteiger charge is -2.02. The molecule has 0 aliphatic heterocycles. The monoisotopic (exact) mass is 296 g/mol. The van der Waals surface area contributed by atoms with Crippen molar-refractivity contribution in [2.75, 3.05) is 33.5 Å². The van der Waals surface area contributed by atoms with Crippen LogP contribution in [0.5, 0.6) is 0 Å². The van der Waals surface area contributed by atoms with Gasteiger partial charge in [-0.2, -0.15) is 9.88 Å². The molecule has 0 aliphatic carbocycles. The van der Waals surface area contributed by atoms with Gasteiger partial charge in [-0.15, -0.1) is 0 Å². The van der Waals surface area contributed by atoms with Gasteiger partial charge in [0.25, 0.3) is 0 Å². The van der Waals surface area contributed by atoms with Gasteiger partial charge in [0, 0.05) is 7.11 Å². The molecule has 108 valence electrons. The fourth-order valence-corrected chi connectivity index (χ4v) is 1.27. The lowest BCUT2D eigenvalue weighted by molar-refractivity contribution is -0.224. The number of isothiocyanates is 1. The van der Waals surface area contributed by atoms with Gasteiger partial charge in [0.15, 0.2) is 0 Å². The van der Waals surface area contributed by atoms with Crippen LogP contribution in [0.4, 0.5) is 11.4 Å². The predicted octanol–water partition coefficient (Wildman–Crippen LogP) is 2.69. The van der Waals surface area contributed by atoms with E-state index in [1.165, 1.54) is 6.40 Å². The minimum Gasteiger partial charge on any atom is -0.382 e. The number of methoxy groups -OCH3 is 1. The van der Waals surface area contributed by atoms with E-state index in [1.54, 1.807) is 31.4 Å². The summed E-state index contributed by atoms with van der Waals surface area (Å²) in [6, 6.07) is 7.10. The van der Waals surface area contributed by atoms with E-state index in [-0.39, 0.29) is 0 Å². The largest absolute Gasteiger partial charge is 0.382 e. The number of benzene rings is 1. The molecule has 0 unspecified atom stereocenters. The lowest BCUT2D eigenvalue weighted by Crippen LogP contribution is -2.08. The third-order valence-corrected chi connectivity index (χ3v) is 2.17. The summed E-state index contributed by atoms with van der Waals surface area (Å²) in [7, 11) is 1.62. The average Bonchev–Trinajstić information content (AvgIpc) is 2.47. The van der Waals surface area contributed by atoms with Gasteiger partial charge >= 0.3 is 0 Å². The van der Waals surface area contributed by atoms with Crippen LogP contribution in [0, 0.1) is 0 Å². The van der Waals surface area contributed by atoms with Crippen molar-refractivity contribution in [3.8, 4) is 0 Å². The van der Waals surface area contributed by atoms with Gasteiger partial charge < -0.3 is 14.4 Å². The number of hydrogen-bond donors (Lipinski definition) is 0. The normalized spacial score (nSPS) is 10.4. The zero-order chi connectivity index (χ0) is 14.5. The second kappa shape index (κ2) is 11.2. The molecule has 0 saturated carbocycles. The summed E-state index contributed by atoms with van der Waals surface area (Å²) in [6.07, 6.45) is 1.21. The second-order valence-corrected chi connectivity index (χ2v) is 3.66. The molecule has 1 rings (SSSR count). The van der Waals surface area contributed by atoms with E-state index < -0.39 is 0 Å². The Bertz CT molecular complexity index is 444. The maximum atomic E-state index is 5.18. The van der Waals surface area contributed by atoms with Gasteiger partial charge in [0.1, 0.15) is 6.61 Å². The molecule has 0 aromatic heterocycles. The Kier molecular flexibility index (Phi) is 9.21. The summed E-state index contributed by atoms with van der Waals surface area (Å²) in [4.78, 5) is 17.5. The molecule has 0 N–H and O–H groups in total. The molecule has 0 fully saturated rings. The smallest absolute Gasteiger partial charge is 0.219 e. The van der Waals surface area contributed by atoms with Crippen molar-refractivity contribution in [3.05, 3.63) is 24.3 Å². The summed E-state index contributed by atoms with van der Waals surface area (Å²) in [5, 5.41) is 2.29. The maximum Gasteiger partial charge on any atom is 0.219 e. The van der Waals surface area contributed by atoms with E-state index in [0.29, 0.717) is 32.1 Å². The molecule has 0 bridgehead atoms. The van der Waals surface area contributed by atoms with Gasteiger partial charge in [0.2, 0.25) is 6.40 Å². The van der Waals surface area contributed by atoms with Gasteiger partial charge in [-0.3, -0.25) is 0 Å². The lowest BCUT2D eigenvalue weighted by atomic mass is 10.3. The zero-order valence-electron chi connectivity index (χ0n) is 11.2. The predicted molar refractivity (Wildman–Crippen MR) is 79.0 cm³/mol. The standard InChI is InChI=1S/C13H16N2O4S/c1-16-6-7-17-8-9-18-19-10-14-12-2-4-13(5-3-12)15-11-20/h2-5,10H,6-9H2,1H3. The van der Waals surface area contributed by atoms with Crippen LogP contribution in [0.3, 0.4) is 0 Å². The highest BCUT2D eigenvalue weighted by atomic mass is 32.1. The van der Waals surface area contributed by atoms with Crippen LogP contribution in [0.25, 0.3) is 0 Å². The van der Waals surface area contributed by atoms with Gasteiger partial charge in [-0.05, 0) is 36.5 Å². The number of ether oxygens (including phenoxy) is 2. The van der Waals surface area contributed by atoms with Crippen molar-refractivity contribution in [3.63, 3.8) is 0 Å². The Balaban J connectivity index is 2.13. The van der Waals surface area contributed by atoms with Crippen LogP contribution < -0.4 is 0 Å². The summed E-state index contributed by atoms with van der Waals surface area (Å²) < 4.78 is 10.0. The first-order chi connectivity index (χ1) is 9.86. The Morgan fingerprint density at radius 3 is 2.50 bits per heavy atom. The molecule has 0 saturated heterocycles. The molecule has 1 aromatic rings. The van der Waals surface area contributed by atoms with E-state index in [9.17, 15) is 0 Å². The highest BCUT2D eigenvalue weighted by molar-refractivity contribution is 7.78. The van der Waals surface area contributed by atoms with Crippen molar-refractivity contribution in [2.24, 2.45) is 9.98 Å². The third-order valence-electron chi connectivity index (χ3n) is 2.08. The molecular formula is C13H16N2O4S. The fourth-order valence-electron chi connectivity index (χ4n) is 1.16. The summed E-state index contributed by atoms with van der Waals surface area (Å²) in [6.45, 7) is 1.84. The summed E-state index contributed by atoms with van der Waals surface area (Å²) in [5.74, 6) is 0. The van der Waals surface area contributed by atoms with Gasteiger partial charge in [-0.25, -0.2) is 4.99 Å². The molecule has 6 nitrogen and oxygen atoms in total. The molecule has 0 radical (unpaired) electrons. The van der Waals surface area contributed by atoms with Crippen molar-refractivity contribution in [1.82, 2.24) is 0 Å². The Morgan fingerprint density at radius 2 is 1.80 bits per heavy atom. The van der Waals surface area contributed by atoms with E-state index in [2.05, 4.69) is 27.4 Å². The van der Waals surface area contributed by atoms with Crippen LogP contribution in [0.15, 0.2) is 34.3 Å². The Hall–Kier alpha value is -1.63. The molecule has 0 amide bonds. The van der Waals surface area contributed by atoms with Gasteiger partial charge in [-0.1, -0.05) is 0 Å². The first-order valence-electron chi connectivity index (χ1n) is 5.92. The number of thiocarbonyl (C=S) groups is 1. The molecular weight excluding hydrogens is 280 g/mol. The second-order valence-electron chi connectivity index (χ2n) is 3.48. The van der Waals surface area contributed by atoms with Crippen molar-refractivity contribution >= 4 is 35.2 Å². The quantitative estimate of drug-likeness (QED) is 0.166. The van der Waals surface area contributed by atoms with E-state index >= 15 is 0 Å². The number of aliphatic imine (C=N–C) groups is 2. The van der Waals surface area contributed by atoms with Crippen LogP contribution in [-0.4, -0.2) is 45.1 Å². The van der Waals surface area contributed by atoms with Crippen LogP contribution in [0.1, 0.15) is 0 Å². The molecule has 1 aromatic carbocycles. The number of rotatable bonds is 10. The van der Waals surface area contributed by atoms with Crippen LogP contribution >= 0.6 is 12.2 Å². The van der Waals surface area contributed by atoms with Crippen molar-refractivity contribution in [1.29, 1.82) is 0 Å². The number of hydrogen-bond acceptors (Lipinski definition) is 7. The highest BCUT2D eigenvalue weighted by Gasteiger charge is 1.91. The first kappa shape index (κ1) is 16.4. The van der Waals surface area contributed by atoms with Crippen LogP contribution in [-0.2, 0) is 19.2 Å². The molecule has 0 aliphatic rings. The third kappa shape index (κ3) is 7.73. The summed E-state index contributed by atoms with van der Waals surface area (Å²) in [5.41, 5.74) is 1.44. The molecule has 0 heterocycles. The molecule has 7 heteroatoms. The SMILES string of the molecule is COCCOCCOOC=Nc1ccc(N=C=S)cc1. The molecule has 20 heavy (non-hydrogen) atoms. The molecule has 0 spiro atoms. The van der Waals surface area contributed by atoms with E-state index in [0.717, 1.165) is 5.69 Å².